The Bertz CT molecular complexity index is 627. The molecule has 20 heavy (non-hydrogen) atoms. The average molecular weight is 345 g/mol. The number of rotatable bonds is 4. The van der Waals surface area contributed by atoms with Crippen molar-refractivity contribution in [3.8, 4) is 0 Å². The lowest BCUT2D eigenvalue weighted by molar-refractivity contribution is 0.506. The zero-order valence-corrected chi connectivity index (χ0v) is 12.7. The van der Waals surface area contributed by atoms with Gasteiger partial charge in [-0.3, -0.25) is 10.5 Å². The van der Waals surface area contributed by atoms with E-state index in [2.05, 4.69) is 26.5 Å². The molecule has 0 amide bonds. The van der Waals surface area contributed by atoms with Gasteiger partial charge in [0.1, 0.15) is 11.6 Å². The Morgan fingerprint density at radius 2 is 2.15 bits per heavy atom. The molecule has 0 radical (unpaired) electrons. The summed E-state index contributed by atoms with van der Waals surface area (Å²) in [6, 6.07) is 1.73. The number of hydrogen-bond donors (Lipinski definition) is 2. The molecule has 0 bridgehead atoms. The number of benzene rings is 1. The number of hydrogen-bond acceptors (Lipinski definition) is 3. The molecule has 1 atom stereocenters. The van der Waals surface area contributed by atoms with E-state index in [1.165, 1.54) is 12.1 Å². The Kier molecular flexibility index (Phi) is 4.52. The minimum Gasteiger partial charge on any atom is -0.275 e. The van der Waals surface area contributed by atoms with Gasteiger partial charge in [0.15, 0.2) is 0 Å². The van der Waals surface area contributed by atoms with E-state index in [1.807, 2.05) is 6.92 Å². The summed E-state index contributed by atoms with van der Waals surface area (Å²) < 4.78 is 30.0. The first-order valence-corrected chi connectivity index (χ1v) is 6.90. The van der Waals surface area contributed by atoms with Crippen LogP contribution in [0.1, 0.15) is 29.8 Å². The molecule has 0 fully saturated rings. The number of halogens is 3. The van der Waals surface area contributed by atoms with Crippen molar-refractivity contribution in [2.24, 2.45) is 12.9 Å². The molecule has 0 aliphatic rings. The number of aromatic nitrogens is 2. The van der Waals surface area contributed by atoms with Gasteiger partial charge in [0, 0.05) is 24.4 Å². The van der Waals surface area contributed by atoms with Crippen LogP contribution in [-0.4, -0.2) is 9.78 Å². The number of aryl methyl sites for hydroxylation is 2. The van der Waals surface area contributed by atoms with Crippen molar-refractivity contribution >= 4 is 15.9 Å². The third-order valence-corrected chi connectivity index (χ3v) is 3.73. The molecule has 4 nitrogen and oxygen atoms in total. The van der Waals surface area contributed by atoms with Gasteiger partial charge in [-0.15, -0.1) is 0 Å². The van der Waals surface area contributed by atoms with Crippen LogP contribution in [0.3, 0.4) is 0 Å². The smallest absolute Gasteiger partial charge is 0.145 e. The van der Waals surface area contributed by atoms with Crippen molar-refractivity contribution in [1.29, 1.82) is 0 Å². The van der Waals surface area contributed by atoms with Gasteiger partial charge < -0.3 is 0 Å². The number of hydrazine groups is 1. The molecule has 7 heteroatoms. The predicted octanol–water partition coefficient (Wildman–Crippen LogP) is 2.58. The highest BCUT2D eigenvalue weighted by atomic mass is 79.9. The monoisotopic (exact) mass is 344 g/mol. The molecule has 0 aliphatic carbocycles. The highest BCUT2D eigenvalue weighted by Crippen LogP contribution is 2.31. The Labute approximate surface area is 124 Å². The third-order valence-electron chi connectivity index (χ3n) is 3.12. The van der Waals surface area contributed by atoms with Crippen LogP contribution < -0.4 is 11.3 Å². The van der Waals surface area contributed by atoms with Gasteiger partial charge in [0.2, 0.25) is 0 Å². The molecule has 1 aromatic heterocycles. The quantitative estimate of drug-likeness (QED) is 0.509. The molecule has 1 aromatic carbocycles. The van der Waals surface area contributed by atoms with Crippen LogP contribution in [0.25, 0.3) is 0 Å². The first kappa shape index (κ1) is 15.1. The van der Waals surface area contributed by atoms with Gasteiger partial charge in [-0.1, -0.05) is 6.92 Å². The van der Waals surface area contributed by atoms with Crippen LogP contribution in [0.2, 0.25) is 0 Å². The number of nitrogens with two attached hydrogens (primary N) is 1. The number of nitrogens with zero attached hydrogens (tertiary/aromatic N) is 2. The van der Waals surface area contributed by atoms with E-state index in [9.17, 15) is 8.78 Å². The first-order chi connectivity index (χ1) is 9.49. The minimum atomic E-state index is -0.795. The summed E-state index contributed by atoms with van der Waals surface area (Å²) in [5.74, 6) is 4.20. The summed E-state index contributed by atoms with van der Waals surface area (Å²) in [5, 5.41) is 4.27. The maximum atomic E-state index is 14.2. The van der Waals surface area contributed by atoms with Gasteiger partial charge in [-0.2, -0.15) is 5.10 Å². The summed E-state index contributed by atoms with van der Waals surface area (Å²) in [4.78, 5) is 0. The second-order valence-corrected chi connectivity index (χ2v) is 5.27. The van der Waals surface area contributed by atoms with Gasteiger partial charge in [-0.05, 0) is 34.5 Å². The summed E-state index contributed by atoms with van der Waals surface area (Å²) >= 11 is 3.06. The maximum Gasteiger partial charge on any atom is 0.145 e. The summed E-state index contributed by atoms with van der Waals surface area (Å²) in [5.41, 5.74) is 3.76. The van der Waals surface area contributed by atoms with E-state index in [0.717, 1.165) is 5.69 Å². The summed E-state index contributed by atoms with van der Waals surface area (Å²) in [7, 11) is 1.75. The Hall–Kier alpha value is -1.31. The molecule has 1 unspecified atom stereocenters. The zero-order chi connectivity index (χ0) is 14.9. The summed E-state index contributed by atoms with van der Waals surface area (Å²) in [6.45, 7) is 1.92. The predicted molar refractivity (Wildman–Crippen MR) is 75.8 cm³/mol. The fourth-order valence-electron chi connectivity index (χ4n) is 2.20. The molecular formula is C13H15BrF2N4. The normalized spacial score (nSPS) is 12.7. The van der Waals surface area contributed by atoms with Crippen molar-refractivity contribution in [3.63, 3.8) is 0 Å². The fraction of sp³-hybridized carbons (Fsp3) is 0.308. The Balaban J connectivity index is 2.61. The molecule has 2 aromatic rings. The van der Waals surface area contributed by atoms with E-state index in [4.69, 9.17) is 5.84 Å². The van der Waals surface area contributed by atoms with Gasteiger partial charge in [0.05, 0.1) is 16.2 Å². The third kappa shape index (κ3) is 2.61. The Morgan fingerprint density at radius 3 is 2.75 bits per heavy atom. The summed E-state index contributed by atoms with van der Waals surface area (Å²) in [6.07, 6.45) is 2.36. The molecule has 0 spiro atoms. The van der Waals surface area contributed by atoms with Crippen LogP contribution in [0.15, 0.2) is 22.8 Å². The van der Waals surface area contributed by atoms with E-state index >= 15 is 0 Å². The molecule has 0 saturated heterocycles. The lowest BCUT2D eigenvalue weighted by Gasteiger charge is -2.18. The maximum absolute atomic E-state index is 14.2. The first-order valence-electron chi connectivity index (χ1n) is 6.11. The highest BCUT2D eigenvalue weighted by Gasteiger charge is 2.26. The second kappa shape index (κ2) is 5.99. The topological polar surface area (TPSA) is 55.9 Å². The van der Waals surface area contributed by atoms with E-state index in [-0.39, 0.29) is 10.0 Å². The van der Waals surface area contributed by atoms with Crippen LogP contribution >= 0.6 is 15.9 Å². The van der Waals surface area contributed by atoms with E-state index in [1.54, 1.807) is 17.9 Å². The van der Waals surface area contributed by atoms with E-state index in [0.29, 0.717) is 12.0 Å². The molecule has 108 valence electrons. The highest BCUT2D eigenvalue weighted by molar-refractivity contribution is 9.10. The fourth-order valence-corrected chi connectivity index (χ4v) is 2.55. The molecule has 3 N–H and O–H groups in total. The molecule has 0 aliphatic heterocycles. The van der Waals surface area contributed by atoms with Gasteiger partial charge in [-0.25, -0.2) is 14.2 Å². The molecule has 2 rings (SSSR count). The minimum absolute atomic E-state index is 0.121. The van der Waals surface area contributed by atoms with Gasteiger partial charge >= 0.3 is 0 Å². The van der Waals surface area contributed by atoms with Crippen LogP contribution in [0, 0.1) is 11.6 Å². The number of nitrogens with one attached hydrogen (secondary N) is 1. The van der Waals surface area contributed by atoms with Crippen molar-refractivity contribution in [3.05, 3.63) is 51.3 Å². The van der Waals surface area contributed by atoms with Crippen molar-refractivity contribution in [2.45, 2.75) is 19.4 Å². The van der Waals surface area contributed by atoms with Crippen LogP contribution in [0.4, 0.5) is 8.78 Å². The largest absolute Gasteiger partial charge is 0.275 e. The molecule has 1 heterocycles. The standard InChI is InChI=1S/C13H15BrF2N4/c1-3-10-7(6-20(2)19-10)13(18-17)11-9(15)5-4-8(14)12(11)16/h4-6,13,18H,3,17H2,1-2H3. The zero-order valence-electron chi connectivity index (χ0n) is 11.1. The van der Waals surface area contributed by atoms with Crippen LogP contribution in [0.5, 0.6) is 0 Å². The lowest BCUT2D eigenvalue weighted by Crippen LogP contribution is -2.31. The Morgan fingerprint density at radius 1 is 1.45 bits per heavy atom. The molecular weight excluding hydrogens is 330 g/mol. The average Bonchev–Trinajstić information content (AvgIpc) is 2.80. The van der Waals surface area contributed by atoms with Gasteiger partial charge in [0.25, 0.3) is 0 Å². The second-order valence-electron chi connectivity index (χ2n) is 4.41. The molecule has 0 saturated carbocycles. The van der Waals surface area contributed by atoms with Crippen molar-refractivity contribution in [2.75, 3.05) is 0 Å². The van der Waals surface area contributed by atoms with Crippen molar-refractivity contribution in [1.82, 2.24) is 15.2 Å². The SMILES string of the molecule is CCc1nn(C)cc1C(NN)c1c(F)ccc(Br)c1F. The van der Waals surface area contributed by atoms with Crippen molar-refractivity contribution < 1.29 is 8.78 Å². The van der Waals surface area contributed by atoms with Crippen LogP contribution in [-0.2, 0) is 13.5 Å². The lowest BCUT2D eigenvalue weighted by atomic mass is 9.98. The van der Waals surface area contributed by atoms with E-state index < -0.39 is 17.7 Å².